The van der Waals surface area contributed by atoms with Crippen molar-refractivity contribution in [1.82, 2.24) is 5.32 Å². The van der Waals surface area contributed by atoms with Crippen LogP contribution < -0.4 is 5.32 Å². The SMILES string of the molecule is CCCCCCCCCCCCCC/C=C\CCCCCCCCCCCCCCCCCCC(O)C(=O)NC(CO)C(O)C(O)CCC/C=C/CC/C=C/CCCCCCCCCCCCCCCCCCCCCCCCC. The average Bonchev–Trinajstić information content (AvgIpc) is 3.46. The van der Waals surface area contributed by atoms with E-state index in [1.807, 2.05) is 0 Å². The molecule has 0 rings (SSSR count). The van der Waals surface area contributed by atoms with Crippen molar-refractivity contribution in [3.05, 3.63) is 36.5 Å². The summed E-state index contributed by atoms with van der Waals surface area (Å²) in [7, 11) is 0. The molecule has 0 aromatic rings. The molecule has 0 saturated heterocycles. The van der Waals surface area contributed by atoms with Crippen molar-refractivity contribution in [1.29, 1.82) is 0 Å². The van der Waals surface area contributed by atoms with Crippen LogP contribution in [0.1, 0.15) is 399 Å². The van der Waals surface area contributed by atoms with Gasteiger partial charge in [-0.3, -0.25) is 4.79 Å². The van der Waals surface area contributed by atoms with Crippen LogP contribution in [0.3, 0.4) is 0 Å². The normalized spacial score (nSPS) is 13.6. The minimum absolute atomic E-state index is 0.362. The summed E-state index contributed by atoms with van der Waals surface area (Å²) in [5.74, 6) is -0.591. The molecule has 80 heavy (non-hydrogen) atoms. The van der Waals surface area contributed by atoms with Crippen molar-refractivity contribution >= 4 is 5.91 Å². The number of aliphatic hydroxyl groups is 4. The number of carbonyl (C=O) groups is 1. The van der Waals surface area contributed by atoms with Gasteiger partial charge in [-0.15, -0.1) is 0 Å². The van der Waals surface area contributed by atoms with Crippen LogP contribution in [0.5, 0.6) is 0 Å². The van der Waals surface area contributed by atoms with E-state index >= 15 is 0 Å². The second-order valence-electron chi connectivity index (χ2n) is 25.3. The number of hydrogen-bond donors (Lipinski definition) is 5. The molecule has 0 aliphatic rings. The Morgan fingerprint density at radius 2 is 0.525 bits per heavy atom. The fourth-order valence-electron chi connectivity index (χ4n) is 11.7. The lowest BCUT2D eigenvalue weighted by atomic mass is 10.00. The van der Waals surface area contributed by atoms with E-state index in [9.17, 15) is 25.2 Å². The van der Waals surface area contributed by atoms with E-state index in [2.05, 4.69) is 55.6 Å². The van der Waals surface area contributed by atoms with Gasteiger partial charge in [0.1, 0.15) is 12.2 Å². The summed E-state index contributed by atoms with van der Waals surface area (Å²) in [6.45, 7) is 4.10. The maximum Gasteiger partial charge on any atom is 0.249 e. The Bertz CT molecular complexity index is 1270. The Labute approximate surface area is 500 Å². The minimum atomic E-state index is -1.29. The van der Waals surface area contributed by atoms with Crippen molar-refractivity contribution in [3.63, 3.8) is 0 Å². The summed E-state index contributed by atoms with van der Waals surface area (Å²) < 4.78 is 0. The lowest BCUT2D eigenvalue weighted by Crippen LogP contribution is -2.53. The minimum Gasteiger partial charge on any atom is -0.394 e. The molecule has 4 atom stereocenters. The molecule has 6 nitrogen and oxygen atoms in total. The number of carbonyl (C=O) groups excluding carboxylic acids is 1. The van der Waals surface area contributed by atoms with Gasteiger partial charge in [-0.25, -0.2) is 0 Å². The molecule has 0 spiro atoms. The van der Waals surface area contributed by atoms with E-state index in [1.54, 1.807) is 0 Å². The van der Waals surface area contributed by atoms with Gasteiger partial charge in [0.2, 0.25) is 5.91 Å². The third-order valence-corrected chi connectivity index (χ3v) is 17.3. The number of rotatable bonds is 68. The molecule has 0 saturated carbocycles. The fraction of sp³-hybridized carbons (Fsp3) is 0.905. The number of aliphatic hydroxyl groups excluding tert-OH is 4. The fourth-order valence-corrected chi connectivity index (χ4v) is 11.7. The summed E-state index contributed by atoms with van der Waals surface area (Å²) in [5.41, 5.74) is 0. The van der Waals surface area contributed by atoms with Gasteiger partial charge in [-0.2, -0.15) is 0 Å². The molecule has 0 aromatic carbocycles. The summed E-state index contributed by atoms with van der Waals surface area (Å²) >= 11 is 0. The van der Waals surface area contributed by atoms with E-state index in [0.717, 1.165) is 38.5 Å². The van der Waals surface area contributed by atoms with E-state index in [-0.39, 0.29) is 0 Å². The molecular weight excluding hydrogens is 983 g/mol. The predicted molar refractivity (Wildman–Crippen MR) is 353 cm³/mol. The third kappa shape index (κ3) is 61.1. The van der Waals surface area contributed by atoms with Crippen LogP contribution in [0, 0.1) is 0 Å². The molecule has 5 N–H and O–H groups in total. The smallest absolute Gasteiger partial charge is 0.249 e. The Morgan fingerprint density at radius 1 is 0.300 bits per heavy atom. The summed E-state index contributed by atoms with van der Waals surface area (Å²) in [6.07, 6.45) is 88.6. The second kappa shape index (κ2) is 68.3. The maximum absolute atomic E-state index is 12.7. The predicted octanol–water partition coefficient (Wildman–Crippen LogP) is 22.7. The third-order valence-electron chi connectivity index (χ3n) is 17.3. The molecule has 0 aliphatic heterocycles. The Hall–Kier alpha value is -1.47. The van der Waals surface area contributed by atoms with E-state index in [1.165, 1.54) is 327 Å². The van der Waals surface area contributed by atoms with Gasteiger partial charge >= 0.3 is 0 Å². The van der Waals surface area contributed by atoms with Crippen molar-refractivity contribution in [3.8, 4) is 0 Å². The summed E-state index contributed by atoms with van der Waals surface area (Å²) in [6, 6.07) is -1.01. The Balaban J connectivity index is 3.57. The first-order chi connectivity index (χ1) is 39.5. The number of unbranched alkanes of at least 4 members (excludes halogenated alkanes) is 53. The van der Waals surface area contributed by atoms with Gasteiger partial charge in [0.15, 0.2) is 0 Å². The van der Waals surface area contributed by atoms with Crippen LogP contribution in [0.4, 0.5) is 0 Å². The zero-order valence-corrected chi connectivity index (χ0v) is 54.1. The molecule has 0 fully saturated rings. The van der Waals surface area contributed by atoms with Crippen LogP contribution in [0.15, 0.2) is 36.5 Å². The highest BCUT2D eigenvalue weighted by Crippen LogP contribution is 2.19. The molecule has 4 unspecified atom stereocenters. The lowest BCUT2D eigenvalue weighted by Gasteiger charge is -2.27. The average molecular weight is 1130 g/mol. The zero-order chi connectivity index (χ0) is 58.0. The lowest BCUT2D eigenvalue weighted by molar-refractivity contribution is -0.132. The number of allylic oxidation sites excluding steroid dienone is 6. The quantitative estimate of drug-likeness (QED) is 0.0308. The maximum atomic E-state index is 12.7. The van der Waals surface area contributed by atoms with Crippen LogP contribution >= 0.6 is 0 Å². The van der Waals surface area contributed by atoms with E-state index in [4.69, 9.17) is 0 Å². The molecule has 0 heterocycles. The molecule has 1 amide bonds. The van der Waals surface area contributed by atoms with Gasteiger partial charge in [0, 0.05) is 0 Å². The molecule has 6 heteroatoms. The number of hydrogen-bond acceptors (Lipinski definition) is 5. The topological polar surface area (TPSA) is 110 Å². The zero-order valence-electron chi connectivity index (χ0n) is 54.1. The van der Waals surface area contributed by atoms with E-state index in [0.29, 0.717) is 19.3 Å². The van der Waals surface area contributed by atoms with E-state index < -0.39 is 36.9 Å². The van der Waals surface area contributed by atoms with Crippen LogP contribution in [-0.2, 0) is 4.79 Å². The van der Waals surface area contributed by atoms with Crippen molar-refractivity contribution in [2.75, 3.05) is 6.61 Å². The monoisotopic (exact) mass is 1130 g/mol. The molecular formula is C74H143NO5. The molecule has 0 aromatic heterocycles. The van der Waals surface area contributed by atoms with Gasteiger partial charge in [-0.05, 0) is 77.0 Å². The highest BCUT2D eigenvalue weighted by Gasteiger charge is 2.28. The van der Waals surface area contributed by atoms with Gasteiger partial charge in [0.25, 0.3) is 0 Å². The summed E-state index contributed by atoms with van der Waals surface area (Å²) in [5, 5.41) is 44.2. The molecule has 0 radical (unpaired) electrons. The van der Waals surface area contributed by atoms with Crippen LogP contribution in [0.2, 0.25) is 0 Å². The Kier molecular flexibility index (Phi) is 67.1. The highest BCUT2D eigenvalue weighted by atomic mass is 16.3. The van der Waals surface area contributed by atoms with Crippen LogP contribution in [0.25, 0.3) is 0 Å². The molecule has 474 valence electrons. The standard InChI is InChI=1S/C74H143NO5/c1-3-5-7-9-11-13-15-17-19-21-23-25-27-29-31-33-35-37-39-41-43-45-47-49-51-53-55-57-59-61-63-65-67-71(77)73(79)70(69-76)75-74(80)72(78)68-66-64-62-60-58-56-54-52-50-48-46-44-42-40-38-36-34-32-30-28-26-24-22-20-18-16-14-12-10-8-6-4-2/h30,32,51,53,59,61,70-73,76-79H,3-29,31,33-50,52,54-58,60,62-69H2,1-2H3,(H,75,80)/b32-30-,53-51+,61-59+. The van der Waals surface area contributed by atoms with Gasteiger partial charge < -0.3 is 25.7 Å². The molecule has 0 aliphatic carbocycles. The van der Waals surface area contributed by atoms with Crippen molar-refractivity contribution < 1.29 is 25.2 Å². The van der Waals surface area contributed by atoms with Gasteiger partial charge in [0.05, 0.1) is 18.8 Å². The van der Waals surface area contributed by atoms with Crippen LogP contribution in [-0.4, -0.2) is 57.3 Å². The first-order valence-corrected chi connectivity index (χ1v) is 36.4. The largest absolute Gasteiger partial charge is 0.394 e. The van der Waals surface area contributed by atoms with Gasteiger partial charge in [-0.1, -0.05) is 359 Å². The second-order valence-corrected chi connectivity index (χ2v) is 25.3. The first-order valence-electron chi connectivity index (χ1n) is 36.4. The van der Waals surface area contributed by atoms with Crippen molar-refractivity contribution in [2.24, 2.45) is 0 Å². The summed E-state index contributed by atoms with van der Waals surface area (Å²) in [4.78, 5) is 12.7. The Morgan fingerprint density at radius 3 is 0.787 bits per heavy atom. The van der Waals surface area contributed by atoms with Crippen molar-refractivity contribution in [2.45, 2.75) is 423 Å². The highest BCUT2D eigenvalue weighted by molar-refractivity contribution is 5.80. The number of nitrogens with one attached hydrogen (secondary N) is 1. The first kappa shape index (κ1) is 78.5. The molecule has 0 bridgehead atoms. The number of amides is 1.